The van der Waals surface area contributed by atoms with Crippen molar-refractivity contribution in [2.75, 3.05) is 39.8 Å². The Morgan fingerprint density at radius 3 is 2.19 bits per heavy atom. The van der Waals surface area contributed by atoms with Gasteiger partial charge < -0.3 is 19.7 Å². The molecule has 4 bridgehead atoms. The minimum absolute atomic E-state index is 0.0105. The Labute approximate surface area is 255 Å². The first kappa shape index (κ1) is 29.7. The van der Waals surface area contributed by atoms with Crippen molar-refractivity contribution in [2.24, 2.45) is 23.2 Å². The van der Waals surface area contributed by atoms with Crippen molar-refractivity contribution in [3.63, 3.8) is 0 Å². The molecule has 2 aromatic rings. The number of hydrogen-bond acceptors (Lipinski definition) is 6. The number of piperazine rings is 1. The molecule has 2 amide bonds. The standard InChI is InChI=1S/C35H45N3O5/c1-24-3-8-31(43-23-25-4-6-29(7-5-25)34(41)42-2)30(13-24)22-37-9-11-38(12-10-37)33(40)21-36-32(39)20-35-17-26-14-27(18-35)16-28(15-26)19-35/h3-8,13,26-28H,9-12,14-23H2,1-2H3,(H,36,39). The molecule has 8 nitrogen and oxygen atoms in total. The summed E-state index contributed by atoms with van der Waals surface area (Å²) in [4.78, 5) is 41.8. The van der Waals surface area contributed by atoms with Crippen molar-refractivity contribution in [1.82, 2.24) is 15.1 Å². The van der Waals surface area contributed by atoms with Crippen LogP contribution in [0.1, 0.15) is 72.0 Å². The number of nitrogens with zero attached hydrogens (tertiary/aromatic N) is 2. The first-order valence-corrected chi connectivity index (χ1v) is 15.9. The van der Waals surface area contributed by atoms with E-state index in [2.05, 4.69) is 23.2 Å². The molecule has 0 spiro atoms. The molecule has 230 valence electrons. The number of hydrogen-bond donors (Lipinski definition) is 1. The lowest BCUT2D eigenvalue weighted by atomic mass is 9.49. The molecule has 5 aliphatic rings. The summed E-state index contributed by atoms with van der Waals surface area (Å²) in [5.41, 5.74) is 3.96. The number of aryl methyl sites for hydroxylation is 1. The first-order valence-electron chi connectivity index (χ1n) is 15.9. The molecule has 5 fully saturated rings. The van der Waals surface area contributed by atoms with Crippen LogP contribution in [0, 0.1) is 30.1 Å². The zero-order valence-corrected chi connectivity index (χ0v) is 25.6. The second-order valence-corrected chi connectivity index (χ2v) is 13.6. The van der Waals surface area contributed by atoms with E-state index in [0.29, 0.717) is 31.7 Å². The SMILES string of the molecule is COC(=O)c1ccc(COc2ccc(C)cc2CN2CCN(C(=O)CNC(=O)CC34CC5CC(CC(C5)C3)C4)CC2)cc1. The average molecular weight is 588 g/mol. The van der Waals surface area contributed by atoms with Gasteiger partial charge in [-0.25, -0.2) is 4.79 Å². The molecule has 1 N–H and O–H groups in total. The highest BCUT2D eigenvalue weighted by molar-refractivity contribution is 5.89. The fraction of sp³-hybridized carbons (Fsp3) is 0.571. The van der Waals surface area contributed by atoms with E-state index in [1.807, 2.05) is 29.2 Å². The van der Waals surface area contributed by atoms with Crippen LogP contribution in [0.2, 0.25) is 0 Å². The maximum absolute atomic E-state index is 13.0. The Kier molecular flexibility index (Phi) is 8.75. The molecule has 2 aromatic carbocycles. The van der Waals surface area contributed by atoms with Gasteiger partial charge in [0.15, 0.2) is 0 Å². The molecule has 0 radical (unpaired) electrons. The van der Waals surface area contributed by atoms with E-state index in [-0.39, 0.29) is 29.7 Å². The summed E-state index contributed by atoms with van der Waals surface area (Å²) in [6.45, 7) is 6.16. The van der Waals surface area contributed by atoms with Crippen LogP contribution in [0.25, 0.3) is 0 Å². The minimum Gasteiger partial charge on any atom is -0.489 e. The highest BCUT2D eigenvalue weighted by Gasteiger charge is 2.51. The van der Waals surface area contributed by atoms with Gasteiger partial charge in [-0.05, 0) is 92.4 Å². The Morgan fingerprint density at radius 2 is 1.56 bits per heavy atom. The van der Waals surface area contributed by atoms with E-state index >= 15 is 0 Å². The summed E-state index contributed by atoms with van der Waals surface area (Å²) in [6, 6.07) is 13.5. The molecule has 1 heterocycles. The second kappa shape index (κ2) is 12.7. The summed E-state index contributed by atoms with van der Waals surface area (Å²) in [7, 11) is 1.37. The third-order valence-corrected chi connectivity index (χ3v) is 10.2. The molecule has 1 saturated heterocycles. The van der Waals surface area contributed by atoms with Crippen molar-refractivity contribution in [3.05, 3.63) is 64.7 Å². The lowest BCUT2D eigenvalue weighted by Gasteiger charge is -2.56. The molecule has 7 rings (SSSR count). The molecule has 4 aliphatic carbocycles. The van der Waals surface area contributed by atoms with Crippen molar-refractivity contribution in [3.8, 4) is 5.75 Å². The van der Waals surface area contributed by atoms with Crippen molar-refractivity contribution in [1.29, 1.82) is 0 Å². The van der Waals surface area contributed by atoms with Gasteiger partial charge in [0.05, 0.1) is 19.2 Å². The average Bonchev–Trinajstić information content (AvgIpc) is 2.99. The lowest BCUT2D eigenvalue weighted by Crippen LogP contribution is -2.51. The van der Waals surface area contributed by atoms with E-state index in [9.17, 15) is 14.4 Å². The number of esters is 1. The van der Waals surface area contributed by atoms with Crippen LogP contribution in [0.15, 0.2) is 42.5 Å². The van der Waals surface area contributed by atoms with Crippen molar-refractivity contribution < 1.29 is 23.9 Å². The molecule has 1 aliphatic heterocycles. The maximum atomic E-state index is 13.0. The van der Waals surface area contributed by atoms with E-state index in [0.717, 1.165) is 54.3 Å². The fourth-order valence-electron chi connectivity index (χ4n) is 8.58. The normalized spacial score (nSPS) is 26.3. The van der Waals surface area contributed by atoms with Gasteiger partial charge in [-0.15, -0.1) is 0 Å². The van der Waals surface area contributed by atoms with Crippen LogP contribution < -0.4 is 10.1 Å². The summed E-state index contributed by atoms with van der Waals surface area (Å²) in [6.07, 6.45) is 8.34. The molecular formula is C35H45N3O5. The Bertz CT molecular complexity index is 1300. The first-order chi connectivity index (χ1) is 20.8. The zero-order chi connectivity index (χ0) is 30.0. The monoisotopic (exact) mass is 587 g/mol. The van der Waals surface area contributed by atoms with Gasteiger partial charge in [-0.1, -0.05) is 29.8 Å². The highest BCUT2D eigenvalue weighted by Crippen LogP contribution is 2.61. The molecule has 4 saturated carbocycles. The third kappa shape index (κ3) is 7.06. The minimum atomic E-state index is -0.354. The van der Waals surface area contributed by atoms with Crippen LogP contribution in [-0.4, -0.2) is 67.4 Å². The number of amides is 2. The third-order valence-electron chi connectivity index (χ3n) is 10.2. The zero-order valence-electron chi connectivity index (χ0n) is 25.6. The summed E-state index contributed by atoms with van der Waals surface area (Å²) < 4.78 is 11.0. The van der Waals surface area contributed by atoms with Gasteiger partial charge >= 0.3 is 5.97 Å². The molecular weight excluding hydrogens is 542 g/mol. The Hall–Kier alpha value is -3.39. The van der Waals surface area contributed by atoms with Crippen molar-refractivity contribution in [2.45, 2.75) is 65.0 Å². The van der Waals surface area contributed by atoms with Crippen LogP contribution >= 0.6 is 0 Å². The number of carbonyl (C=O) groups excluding carboxylic acids is 3. The largest absolute Gasteiger partial charge is 0.489 e. The molecule has 43 heavy (non-hydrogen) atoms. The lowest BCUT2D eigenvalue weighted by molar-refractivity contribution is -0.136. The van der Waals surface area contributed by atoms with Gasteiger partial charge in [0, 0.05) is 44.7 Å². The maximum Gasteiger partial charge on any atom is 0.337 e. The van der Waals surface area contributed by atoms with Gasteiger partial charge in [0.1, 0.15) is 12.4 Å². The fourth-order valence-corrected chi connectivity index (χ4v) is 8.58. The van der Waals surface area contributed by atoms with Gasteiger partial charge in [0.25, 0.3) is 0 Å². The predicted molar refractivity (Wildman–Crippen MR) is 163 cm³/mol. The van der Waals surface area contributed by atoms with Crippen LogP contribution in [0.5, 0.6) is 5.75 Å². The number of rotatable bonds is 10. The van der Waals surface area contributed by atoms with Crippen LogP contribution in [0.3, 0.4) is 0 Å². The number of ether oxygens (including phenoxy) is 2. The second-order valence-electron chi connectivity index (χ2n) is 13.6. The molecule has 0 unspecified atom stereocenters. The predicted octanol–water partition coefficient (Wildman–Crippen LogP) is 4.73. The molecule has 0 atom stereocenters. The van der Waals surface area contributed by atoms with Crippen molar-refractivity contribution >= 4 is 17.8 Å². The van der Waals surface area contributed by atoms with Crippen LogP contribution in [0.4, 0.5) is 0 Å². The number of carbonyl (C=O) groups is 3. The van der Waals surface area contributed by atoms with E-state index in [1.54, 1.807) is 12.1 Å². The topological polar surface area (TPSA) is 88.2 Å². The highest BCUT2D eigenvalue weighted by atomic mass is 16.5. The number of benzene rings is 2. The van der Waals surface area contributed by atoms with E-state index in [1.165, 1.54) is 51.2 Å². The number of nitrogens with one attached hydrogen (secondary N) is 1. The quantitative estimate of drug-likeness (QED) is 0.405. The van der Waals surface area contributed by atoms with Gasteiger partial charge in [-0.3, -0.25) is 14.5 Å². The molecule has 8 heteroatoms. The summed E-state index contributed by atoms with van der Waals surface area (Å²) in [5.74, 6) is 3.02. The number of methoxy groups -OCH3 is 1. The Morgan fingerprint density at radius 1 is 0.907 bits per heavy atom. The summed E-state index contributed by atoms with van der Waals surface area (Å²) in [5, 5.41) is 2.98. The Balaban J connectivity index is 0.955. The van der Waals surface area contributed by atoms with Gasteiger partial charge in [0.2, 0.25) is 11.8 Å². The van der Waals surface area contributed by atoms with E-state index < -0.39 is 0 Å². The van der Waals surface area contributed by atoms with Crippen LogP contribution in [-0.2, 0) is 27.5 Å². The van der Waals surface area contributed by atoms with E-state index in [4.69, 9.17) is 9.47 Å². The summed E-state index contributed by atoms with van der Waals surface area (Å²) >= 11 is 0. The molecule has 0 aromatic heterocycles. The smallest absolute Gasteiger partial charge is 0.337 e. The van der Waals surface area contributed by atoms with Gasteiger partial charge in [-0.2, -0.15) is 0 Å².